The molecule has 1 aromatic carbocycles. The first-order valence-electron chi connectivity index (χ1n) is 5.66. The van der Waals surface area contributed by atoms with E-state index in [4.69, 9.17) is 5.11 Å². The van der Waals surface area contributed by atoms with E-state index >= 15 is 0 Å². The summed E-state index contributed by atoms with van der Waals surface area (Å²) in [6.07, 6.45) is 1.43. The molecular formula is C13H8FN3O3. The predicted octanol–water partition coefficient (Wildman–Crippen LogP) is 1.55. The third-order valence-electron chi connectivity index (χ3n) is 2.88. The Kier molecular flexibility index (Phi) is 2.60. The van der Waals surface area contributed by atoms with Crippen molar-refractivity contribution in [2.75, 3.05) is 0 Å². The summed E-state index contributed by atoms with van der Waals surface area (Å²) in [7, 11) is 0. The molecule has 6 nitrogen and oxygen atoms in total. The van der Waals surface area contributed by atoms with Crippen LogP contribution in [0.1, 0.15) is 10.4 Å². The summed E-state index contributed by atoms with van der Waals surface area (Å²) >= 11 is 0. The number of nitrogens with zero attached hydrogens (tertiary/aromatic N) is 2. The molecule has 0 radical (unpaired) electrons. The van der Waals surface area contributed by atoms with Crippen LogP contribution in [0.5, 0.6) is 0 Å². The van der Waals surface area contributed by atoms with Crippen molar-refractivity contribution in [3.8, 4) is 5.69 Å². The zero-order valence-electron chi connectivity index (χ0n) is 10.0. The molecule has 0 fully saturated rings. The summed E-state index contributed by atoms with van der Waals surface area (Å²) in [5.74, 6) is -1.69. The van der Waals surface area contributed by atoms with Crippen molar-refractivity contribution in [2.45, 2.75) is 0 Å². The number of aromatic carboxylic acids is 1. The first kappa shape index (κ1) is 12.1. The summed E-state index contributed by atoms with van der Waals surface area (Å²) in [6.45, 7) is 0. The van der Waals surface area contributed by atoms with E-state index in [1.807, 2.05) is 0 Å². The lowest BCUT2D eigenvalue weighted by Gasteiger charge is -2.03. The molecule has 0 unspecified atom stereocenters. The quantitative estimate of drug-likeness (QED) is 0.741. The summed E-state index contributed by atoms with van der Waals surface area (Å²) < 4.78 is 14.3. The van der Waals surface area contributed by atoms with Gasteiger partial charge in [-0.25, -0.2) is 13.9 Å². The van der Waals surface area contributed by atoms with E-state index in [1.54, 1.807) is 0 Å². The van der Waals surface area contributed by atoms with Gasteiger partial charge in [-0.1, -0.05) is 0 Å². The van der Waals surface area contributed by atoms with Gasteiger partial charge in [-0.2, -0.15) is 5.10 Å². The molecule has 2 aromatic heterocycles. The van der Waals surface area contributed by atoms with Crippen molar-refractivity contribution in [1.29, 1.82) is 0 Å². The van der Waals surface area contributed by atoms with Gasteiger partial charge in [-0.05, 0) is 30.3 Å². The van der Waals surface area contributed by atoms with Crippen LogP contribution in [0.25, 0.3) is 16.7 Å². The maximum atomic E-state index is 12.9. The van der Waals surface area contributed by atoms with Crippen molar-refractivity contribution in [3.05, 3.63) is 58.3 Å². The number of benzene rings is 1. The Labute approximate surface area is 111 Å². The molecule has 2 N–H and O–H groups in total. The highest BCUT2D eigenvalue weighted by Gasteiger charge is 2.13. The van der Waals surface area contributed by atoms with E-state index in [1.165, 1.54) is 41.2 Å². The molecule has 0 saturated carbocycles. The summed E-state index contributed by atoms with van der Waals surface area (Å²) in [4.78, 5) is 25.0. The molecule has 3 rings (SSSR count). The predicted molar refractivity (Wildman–Crippen MR) is 68.6 cm³/mol. The molecule has 0 spiro atoms. The summed E-state index contributed by atoms with van der Waals surface area (Å²) in [6, 6.07) is 6.80. The zero-order valence-corrected chi connectivity index (χ0v) is 10.0. The number of fused-ring (bicyclic) bond motifs is 1. The van der Waals surface area contributed by atoms with Crippen LogP contribution in [0.2, 0.25) is 0 Å². The topological polar surface area (TPSA) is 88.0 Å². The number of H-pyrrole nitrogens is 1. The minimum absolute atomic E-state index is 0.351. The Balaban J connectivity index is 2.24. The van der Waals surface area contributed by atoms with Gasteiger partial charge in [0, 0.05) is 5.39 Å². The van der Waals surface area contributed by atoms with Crippen molar-refractivity contribution in [1.82, 2.24) is 14.8 Å². The lowest BCUT2D eigenvalue weighted by atomic mass is 10.2. The number of aromatic nitrogens is 3. The van der Waals surface area contributed by atoms with E-state index in [0.717, 1.165) is 0 Å². The number of carboxylic acids is 1. The molecule has 2 heterocycles. The fourth-order valence-electron chi connectivity index (χ4n) is 1.92. The van der Waals surface area contributed by atoms with E-state index in [9.17, 15) is 14.0 Å². The van der Waals surface area contributed by atoms with Crippen LogP contribution < -0.4 is 5.56 Å². The number of carbonyl (C=O) groups is 1. The van der Waals surface area contributed by atoms with Gasteiger partial charge in [0.2, 0.25) is 0 Å². The van der Waals surface area contributed by atoms with E-state index < -0.39 is 11.5 Å². The molecule has 0 amide bonds. The lowest BCUT2D eigenvalue weighted by Crippen LogP contribution is -2.17. The molecule has 20 heavy (non-hydrogen) atoms. The van der Waals surface area contributed by atoms with Crippen molar-refractivity contribution in [3.63, 3.8) is 0 Å². The zero-order chi connectivity index (χ0) is 14.3. The van der Waals surface area contributed by atoms with Gasteiger partial charge < -0.3 is 10.1 Å². The Bertz CT molecular complexity index is 865. The molecule has 0 bridgehead atoms. The highest BCUT2D eigenvalue weighted by molar-refractivity contribution is 5.91. The smallest absolute Gasteiger partial charge is 0.341 e. The Morgan fingerprint density at radius 1 is 1.30 bits per heavy atom. The Morgan fingerprint density at radius 2 is 2.00 bits per heavy atom. The normalized spacial score (nSPS) is 10.8. The highest BCUT2D eigenvalue weighted by atomic mass is 19.1. The number of halogens is 1. The lowest BCUT2D eigenvalue weighted by molar-refractivity contribution is 0.0695. The average Bonchev–Trinajstić information content (AvgIpc) is 2.81. The average molecular weight is 273 g/mol. The number of hydrogen-bond donors (Lipinski definition) is 2. The van der Waals surface area contributed by atoms with Crippen LogP contribution in [0.3, 0.4) is 0 Å². The SMILES string of the molecule is O=C(O)c1cc2cnn(-c3ccc(F)cc3)c2[nH]c1=O. The molecule has 7 heteroatoms. The number of pyridine rings is 1. The van der Waals surface area contributed by atoms with E-state index in [2.05, 4.69) is 10.1 Å². The first-order chi connectivity index (χ1) is 9.56. The van der Waals surface area contributed by atoms with Gasteiger partial charge in [-0.3, -0.25) is 4.79 Å². The highest BCUT2D eigenvalue weighted by Crippen LogP contribution is 2.16. The van der Waals surface area contributed by atoms with Crippen molar-refractivity contribution < 1.29 is 14.3 Å². The minimum Gasteiger partial charge on any atom is -0.477 e. The second-order valence-electron chi connectivity index (χ2n) is 4.15. The summed E-state index contributed by atoms with van der Waals surface area (Å²) in [5, 5.41) is 13.4. The maximum Gasteiger partial charge on any atom is 0.341 e. The number of hydrogen-bond acceptors (Lipinski definition) is 3. The third-order valence-corrected chi connectivity index (χ3v) is 2.88. The van der Waals surface area contributed by atoms with Crippen LogP contribution >= 0.6 is 0 Å². The van der Waals surface area contributed by atoms with Gasteiger partial charge in [0.25, 0.3) is 5.56 Å². The number of rotatable bonds is 2. The minimum atomic E-state index is -1.30. The standard InChI is InChI=1S/C13H8FN3O3/c14-8-1-3-9(4-2-8)17-11-7(6-15-17)5-10(13(19)20)12(18)16-11/h1-6H,(H,16,18)(H,19,20). The Morgan fingerprint density at radius 3 is 2.65 bits per heavy atom. The number of aromatic amines is 1. The van der Waals surface area contributed by atoms with Crippen LogP contribution in [-0.2, 0) is 0 Å². The fourth-order valence-corrected chi connectivity index (χ4v) is 1.92. The molecule has 0 aliphatic carbocycles. The molecule has 0 aliphatic heterocycles. The monoisotopic (exact) mass is 273 g/mol. The van der Waals surface area contributed by atoms with E-state index in [-0.39, 0.29) is 11.4 Å². The molecular weight excluding hydrogens is 265 g/mol. The van der Waals surface area contributed by atoms with Crippen LogP contribution in [-0.4, -0.2) is 25.8 Å². The molecule has 3 aromatic rings. The fraction of sp³-hybridized carbons (Fsp3) is 0. The summed E-state index contributed by atoms with van der Waals surface area (Å²) in [5.41, 5.74) is -0.156. The van der Waals surface area contributed by atoms with Crippen molar-refractivity contribution >= 4 is 17.0 Å². The third kappa shape index (κ3) is 1.85. The Hall–Kier alpha value is -2.96. The first-order valence-corrected chi connectivity index (χ1v) is 5.66. The second-order valence-corrected chi connectivity index (χ2v) is 4.15. The van der Waals surface area contributed by atoms with Gasteiger partial charge in [0.05, 0.1) is 11.9 Å². The molecule has 0 aliphatic rings. The van der Waals surface area contributed by atoms with Gasteiger partial charge in [0.15, 0.2) is 0 Å². The molecule has 0 saturated heterocycles. The number of nitrogens with one attached hydrogen (secondary N) is 1. The molecule has 0 atom stereocenters. The molecule has 100 valence electrons. The second kappa shape index (κ2) is 4.30. The van der Waals surface area contributed by atoms with Crippen molar-refractivity contribution in [2.24, 2.45) is 0 Å². The van der Waals surface area contributed by atoms with Crippen LogP contribution in [0, 0.1) is 5.82 Å². The maximum absolute atomic E-state index is 12.9. The van der Waals surface area contributed by atoms with Crippen LogP contribution in [0.15, 0.2) is 41.3 Å². The van der Waals surface area contributed by atoms with Gasteiger partial charge in [0.1, 0.15) is 17.0 Å². The largest absolute Gasteiger partial charge is 0.477 e. The van der Waals surface area contributed by atoms with Gasteiger partial charge >= 0.3 is 5.97 Å². The number of carboxylic acid groups (broad SMARTS) is 1. The van der Waals surface area contributed by atoms with E-state index in [0.29, 0.717) is 16.7 Å². The van der Waals surface area contributed by atoms with Gasteiger partial charge in [-0.15, -0.1) is 0 Å². The van der Waals surface area contributed by atoms with Crippen LogP contribution in [0.4, 0.5) is 4.39 Å².